The number of fused-ring (bicyclic) bond motifs is 1. The number of hydrogen-bond acceptors (Lipinski definition) is 2. The number of aromatic nitrogens is 2. The highest BCUT2D eigenvalue weighted by atomic mass is 35.5. The van der Waals surface area contributed by atoms with E-state index >= 15 is 0 Å². The summed E-state index contributed by atoms with van der Waals surface area (Å²) >= 11 is 6.13. The molecule has 0 saturated heterocycles. The van der Waals surface area contributed by atoms with Gasteiger partial charge in [0.05, 0.1) is 11.2 Å². The summed E-state index contributed by atoms with van der Waals surface area (Å²) < 4.78 is 1.94. The Balaban J connectivity index is 2.22. The van der Waals surface area contributed by atoms with Crippen LogP contribution in [0.4, 0.5) is 0 Å². The van der Waals surface area contributed by atoms with Crippen molar-refractivity contribution in [2.75, 3.05) is 5.88 Å². The Hall–Kier alpha value is -1.06. The van der Waals surface area contributed by atoms with Crippen molar-refractivity contribution < 1.29 is 0 Å². The van der Waals surface area contributed by atoms with Crippen LogP contribution in [0, 0.1) is 0 Å². The third-order valence-corrected chi connectivity index (χ3v) is 4.59. The molecule has 0 fully saturated rings. The van der Waals surface area contributed by atoms with Crippen molar-refractivity contribution in [1.82, 2.24) is 15.1 Å². The molecule has 1 aromatic heterocycles. The average Bonchev–Trinajstić information content (AvgIpc) is 2.78. The van der Waals surface area contributed by atoms with Gasteiger partial charge in [-0.25, -0.2) is 0 Å². The maximum atomic E-state index is 6.13. The first-order valence-corrected chi connectivity index (χ1v) is 7.41. The maximum Gasteiger partial charge on any atom is 0.0841 e. The van der Waals surface area contributed by atoms with Crippen LogP contribution >= 0.6 is 11.6 Å². The number of rotatable bonds is 6. The molecule has 0 amide bonds. The van der Waals surface area contributed by atoms with E-state index in [9.17, 15) is 0 Å². The monoisotopic (exact) mass is 279 g/mol. The van der Waals surface area contributed by atoms with E-state index in [1.165, 1.54) is 10.9 Å². The normalized spacial score (nSPS) is 12.2. The fourth-order valence-corrected chi connectivity index (χ4v) is 2.90. The Morgan fingerprint density at radius 1 is 1.26 bits per heavy atom. The molecule has 2 rings (SSSR count). The molecule has 0 bridgehead atoms. The van der Waals surface area contributed by atoms with E-state index in [0.717, 1.165) is 25.1 Å². The van der Waals surface area contributed by atoms with Crippen molar-refractivity contribution in [3.05, 3.63) is 30.0 Å². The molecule has 2 aromatic rings. The third-order valence-electron chi connectivity index (χ3n) is 4.07. The van der Waals surface area contributed by atoms with Crippen molar-refractivity contribution in [3.8, 4) is 0 Å². The lowest BCUT2D eigenvalue weighted by Crippen LogP contribution is -2.45. The molecule has 0 atom stereocenters. The first-order valence-electron chi connectivity index (χ1n) is 6.87. The minimum atomic E-state index is 0.0141. The molecule has 19 heavy (non-hydrogen) atoms. The number of benzene rings is 1. The number of alkyl halides is 1. The third kappa shape index (κ3) is 2.77. The highest BCUT2D eigenvalue weighted by Crippen LogP contribution is 2.21. The van der Waals surface area contributed by atoms with Gasteiger partial charge in [0.15, 0.2) is 0 Å². The molecule has 0 radical (unpaired) electrons. The molecule has 1 heterocycles. The number of para-hydroxylation sites is 1. The SMILES string of the molecule is CCC(CC)(CCl)NCc1nn(C)c2ccccc12. The molecular weight excluding hydrogens is 258 g/mol. The summed E-state index contributed by atoms with van der Waals surface area (Å²) in [5.74, 6) is 0.630. The quantitative estimate of drug-likeness (QED) is 0.821. The highest BCUT2D eigenvalue weighted by molar-refractivity contribution is 6.18. The van der Waals surface area contributed by atoms with E-state index in [-0.39, 0.29) is 5.54 Å². The maximum absolute atomic E-state index is 6.13. The lowest BCUT2D eigenvalue weighted by molar-refractivity contribution is 0.332. The second-order valence-electron chi connectivity index (χ2n) is 5.06. The minimum Gasteiger partial charge on any atom is -0.304 e. The Labute approximate surface area is 119 Å². The van der Waals surface area contributed by atoms with Crippen LogP contribution in [0.2, 0.25) is 0 Å². The number of hydrogen-bond donors (Lipinski definition) is 1. The minimum absolute atomic E-state index is 0.0141. The summed E-state index contributed by atoms with van der Waals surface area (Å²) in [6.45, 7) is 5.11. The second-order valence-corrected chi connectivity index (χ2v) is 5.33. The molecule has 0 saturated carbocycles. The fourth-order valence-electron chi connectivity index (χ4n) is 2.43. The van der Waals surface area contributed by atoms with Gasteiger partial charge < -0.3 is 5.32 Å². The van der Waals surface area contributed by atoms with E-state index in [1.807, 2.05) is 17.8 Å². The zero-order valence-corrected chi connectivity index (χ0v) is 12.7. The van der Waals surface area contributed by atoms with E-state index in [2.05, 4.69) is 42.5 Å². The molecule has 104 valence electrons. The molecule has 0 aliphatic carbocycles. The van der Waals surface area contributed by atoms with Crippen LogP contribution in [0.25, 0.3) is 10.9 Å². The van der Waals surface area contributed by atoms with Gasteiger partial charge >= 0.3 is 0 Å². The van der Waals surface area contributed by atoms with Crippen LogP contribution in [0.1, 0.15) is 32.4 Å². The summed E-state index contributed by atoms with van der Waals surface area (Å²) in [6.07, 6.45) is 2.05. The predicted octanol–water partition coefficient (Wildman–Crippen LogP) is 3.46. The number of halogens is 1. The van der Waals surface area contributed by atoms with E-state index < -0.39 is 0 Å². The number of nitrogens with zero attached hydrogens (tertiary/aromatic N) is 2. The van der Waals surface area contributed by atoms with Crippen LogP contribution in [-0.4, -0.2) is 21.2 Å². The zero-order chi connectivity index (χ0) is 13.9. The van der Waals surface area contributed by atoms with Crippen molar-refractivity contribution in [1.29, 1.82) is 0 Å². The molecule has 0 unspecified atom stereocenters. The number of aryl methyl sites for hydroxylation is 1. The lowest BCUT2D eigenvalue weighted by Gasteiger charge is -2.30. The Morgan fingerprint density at radius 2 is 1.95 bits per heavy atom. The summed E-state index contributed by atoms with van der Waals surface area (Å²) in [6, 6.07) is 8.32. The van der Waals surface area contributed by atoms with Crippen molar-refractivity contribution in [3.63, 3.8) is 0 Å². The lowest BCUT2D eigenvalue weighted by atomic mass is 9.95. The summed E-state index contributed by atoms with van der Waals surface area (Å²) in [7, 11) is 1.99. The molecule has 4 heteroatoms. The molecule has 3 nitrogen and oxygen atoms in total. The van der Waals surface area contributed by atoms with Gasteiger partial charge in [-0.1, -0.05) is 32.0 Å². The zero-order valence-electron chi connectivity index (χ0n) is 11.9. The van der Waals surface area contributed by atoms with Crippen molar-refractivity contribution >= 4 is 22.5 Å². The number of nitrogens with one attached hydrogen (secondary N) is 1. The summed E-state index contributed by atoms with van der Waals surface area (Å²) in [4.78, 5) is 0. The second kappa shape index (κ2) is 5.93. The first-order chi connectivity index (χ1) is 9.15. The van der Waals surface area contributed by atoms with Gasteiger partial charge in [-0.05, 0) is 18.9 Å². The summed E-state index contributed by atoms with van der Waals surface area (Å²) in [5.41, 5.74) is 2.28. The Kier molecular flexibility index (Phi) is 4.48. The van der Waals surface area contributed by atoms with Gasteiger partial charge in [-0.3, -0.25) is 4.68 Å². The molecule has 1 aromatic carbocycles. The molecule has 0 aliphatic heterocycles. The predicted molar refractivity (Wildman–Crippen MR) is 81.6 cm³/mol. The van der Waals surface area contributed by atoms with Crippen LogP contribution in [0.5, 0.6) is 0 Å². The van der Waals surface area contributed by atoms with Crippen molar-refractivity contribution in [2.45, 2.75) is 38.8 Å². The molecule has 0 spiro atoms. The van der Waals surface area contributed by atoms with Crippen molar-refractivity contribution in [2.24, 2.45) is 7.05 Å². The van der Waals surface area contributed by atoms with E-state index in [0.29, 0.717) is 5.88 Å². The Bertz CT molecular complexity index is 535. The van der Waals surface area contributed by atoms with Crippen LogP contribution in [0.3, 0.4) is 0 Å². The summed E-state index contributed by atoms with van der Waals surface area (Å²) in [5, 5.41) is 9.42. The van der Waals surface area contributed by atoms with Gasteiger partial charge in [0.1, 0.15) is 0 Å². The molecule has 1 N–H and O–H groups in total. The fraction of sp³-hybridized carbons (Fsp3) is 0.533. The first kappa shape index (κ1) is 14.4. The van der Waals surface area contributed by atoms with E-state index in [4.69, 9.17) is 11.6 Å². The van der Waals surface area contributed by atoms with Gasteiger partial charge in [0, 0.05) is 30.4 Å². The topological polar surface area (TPSA) is 29.9 Å². The standard InChI is InChI=1S/C15H22ClN3/c1-4-15(5-2,11-16)17-10-13-12-8-6-7-9-14(12)19(3)18-13/h6-9,17H,4-5,10-11H2,1-3H3. The van der Waals surface area contributed by atoms with Gasteiger partial charge in [-0.15, -0.1) is 11.6 Å². The largest absolute Gasteiger partial charge is 0.304 e. The molecule has 0 aliphatic rings. The molecular formula is C15H22ClN3. The highest BCUT2D eigenvalue weighted by Gasteiger charge is 2.24. The smallest absolute Gasteiger partial charge is 0.0841 e. The van der Waals surface area contributed by atoms with Crippen LogP contribution < -0.4 is 5.32 Å². The van der Waals surface area contributed by atoms with Crippen LogP contribution in [0.15, 0.2) is 24.3 Å². The van der Waals surface area contributed by atoms with Gasteiger partial charge in [-0.2, -0.15) is 5.10 Å². The average molecular weight is 280 g/mol. The van der Waals surface area contributed by atoms with E-state index in [1.54, 1.807) is 0 Å². The van der Waals surface area contributed by atoms with Gasteiger partial charge in [0.25, 0.3) is 0 Å². The Morgan fingerprint density at radius 3 is 2.58 bits per heavy atom. The van der Waals surface area contributed by atoms with Crippen LogP contribution in [-0.2, 0) is 13.6 Å². The van der Waals surface area contributed by atoms with Gasteiger partial charge in [0.2, 0.25) is 0 Å².